The zero-order valence-electron chi connectivity index (χ0n) is 81.4. The van der Waals surface area contributed by atoms with E-state index in [1.54, 1.807) is 0 Å². The summed E-state index contributed by atoms with van der Waals surface area (Å²) in [6.45, 7) is 63.4. The summed E-state index contributed by atoms with van der Waals surface area (Å²) in [6, 6.07) is 92.0. The molecule has 128 heavy (non-hydrogen) atoms. The molecule has 0 amide bonds. The normalized spacial score (nSPS) is 13.0. The van der Waals surface area contributed by atoms with Gasteiger partial charge in [-0.15, -0.1) is 11.1 Å². The maximum atomic E-state index is 13.6. The lowest BCUT2D eigenvalue weighted by atomic mass is 9.92. The van der Waals surface area contributed by atoms with Crippen LogP contribution < -0.4 is 31.1 Å². The highest BCUT2D eigenvalue weighted by Gasteiger charge is 2.50. The minimum Gasteiger partial charge on any atom is -0.461 e. The summed E-state index contributed by atoms with van der Waals surface area (Å²) in [5.74, 6) is 7.39. The Bertz CT molecular complexity index is 5990. The molecule has 0 aliphatic rings. The summed E-state index contributed by atoms with van der Waals surface area (Å²) in [5, 5.41) is 28.4. The van der Waals surface area contributed by atoms with Crippen LogP contribution in [0.5, 0.6) is 0 Å². The number of carbonyl (C=O) groups excluding carboxylic acids is 2. The van der Waals surface area contributed by atoms with Gasteiger partial charge in [-0.1, -0.05) is 369 Å². The summed E-state index contributed by atoms with van der Waals surface area (Å²) < 4.78 is 25.5. The minimum atomic E-state index is -2.72. The Kier molecular flexibility index (Phi) is 27.6. The van der Waals surface area contributed by atoms with E-state index in [-0.39, 0.29) is 58.3 Å². The molecular weight excluding hydrogens is 1660 g/mol. The van der Waals surface area contributed by atoms with Crippen LogP contribution >= 0.6 is 0 Å². The van der Waals surface area contributed by atoms with Gasteiger partial charge in [0.2, 0.25) is 0 Å². The van der Waals surface area contributed by atoms with Crippen molar-refractivity contribution in [2.24, 2.45) is 0 Å². The third-order valence-electron chi connectivity index (χ3n) is 30.5. The number of esters is 2. The Labute approximate surface area is 771 Å². The molecule has 0 radical (unpaired) electrons. The maximum Gasteiger partial charge on any atom is 0.306 e. The highest BCUT2D eigenvalue weighted by atomic mass is 28.4. The van der Waals surface area contributed by atoms with Crippen LogP contribution in [0.2, 0.25) is 80.6 Å². The molecule has 0 fully saturated rings. The maximum absolute atomic E-state index is 13.6. The lowest BCUT2D eigenvalue weighted by Crippen LogP contribution is -2.63. The van der Waals surface area contributed by atoms with Crippen LogP contribution in [0.1, 0.15) is 199 Å². The van der Waals surface area contributed by atoms with Crippen molar-refractivity contribution in [1.29, 1.82) is 0 Å². The fourth-order valence-corrected chi connectivity index (χ4v) is 44.4. The Morgan fingerprint density at radius 1 is 0.281 bits per heavy atom. The number of carbonyl (C=O) groups is 2. The topological polar surface area (TPSA) is 71.1 Å². The van der Waals surface area contributed by atoms with E-state index in [1.807, 2.05) is 0 Å². The standard InChI is InChI=1S/C116H138O6Si6/c1-77(2)125(78(3)4,63-61-101-103-65-89-35-27-31-39-93(89)69-107(103)113(108-70-94-40-32-28-36-90(94)66-104(101)108)127(81(9)10,82(11)12)99-55-47-87(48-56-99)75-121-123(23,24)115(17,18)19)97-51-43-85(44-52-97)73-119-111(117)59-60-112(118)120-74-86-45-53-98(54-46-86)126(79(5)6,80(7)8)64-62-102-105-67-91-37-29-33-41-95(91)71-109(105)114(110-72-96-42-34-30-38-92(96)68-106(102)110)128(83(13)14,84(15)16)100-57-49-88(50-58-100)76-122-124(25,26)116(20,21)22/h27-58,65-72,77-84H,59-60,73-76H2,1-26H3. The molecule has 14 rings (SSSR count). The first-order chi connectivity index (χ1) is 60.6. The van der Waals surface area contributed by atoms with Crippen molar-refractivity contribution in [3.05, 3.63) is 276 Å². The van der Waals surface area contributed by atoms with Gasteiger partial charge in [0.15, 0.2) is 32.8 Å². The van der Waals surface area contributed by atoms with Crippen molar-refractivity contribution in [2.45, 2.75) is 272 Å². The van der Waals surface area contributed by atoms with Gasteiger partial charge >= 0.3 is 11.9 Å². The van der Waals surface area contributed by atoms with Crippen LogP contribution in [-0.4, -0.2) is 60.9 Å². The molecule has 0 aliphatic carbocycles. The van der Waals surface area contributed by atoms with Crippen molar-refractivity contribution in [1.82, 2.24) is 0 Å². The minimum absolute atomic E-state index is 0.0861. The molecule has 0 N–H and O–H groups in total. The molecule has 662 valence electrons. The zero-order valence-corrected chi connectivity index (χ0v) is 87.4. The van der Waals surface area contributed by atoms with E-state index < -0.39 is 60.9 Å². The molecule has 0 heterocycles. The SMILES string of the molecule is CC(C)[Si](C#Cc1c2cc3ccccc3cc2c([Si](c2ccc(CO[Si](C)(C)C(C)(C)C)cc2)(C(C)C)C(C)C)c2cc3ccccc3cc12)(c1ccc(COC(=O)CCC(=O)OCc2ccc([Si](C#Cc3c4cc5ccccc5cc4c([Si](c4ccc(CO[Si](C)(C)C(C)(C)C)cc4)(C(C)C)C(C)C)c4cc5ccccc5cc34)(C(C)C)C(C)C)cc2)cc1)C(C)C. The zero-order chi connectivity index (χ0) is 92.1. The fourth-order valence-electron chi connectivity index (χ4n) is 21.3. The van der Waals surface area contributed by atoms with Gasteiger partial charge in [-0.2, -0.15) is 0 Å². The molecule has 0 spiro atoms. The summed E-state index contributed by atoms with van der Waals surface area (Å²) in [7, 11) is -14.8. The highest BCUT2D eigenvalue weighted by molar-refractivity contribution is 7.07. The molecule has 12 heteroatoms. The van der Waals surface area contributed by atoms with E-state index in [0.717, 1.165) is 22.3 Å². The van der Waals surface area contributed by atoms with Crippen molar-refractivity contribution in [3.63, 3.8) is 0 Å². The van der Waals surface area contributed by atoms with E-state index in [1.165, 1.54) is 128 Å². The molecule has 14 aromatic rings. The first-order valence-corrected chi connectivity index (χ1v) is 61.7. The number of rotatable bonds is 27. The number of hydrogen-bond acceptors (Lipinski definition) is 6. The second-order valence-electron chi connectivity index (χ2n) is 42.4. The summed E-state index contributed by atoms with van der Waals surface area (Å²) in [5.41, 5.74) is 17.3. The average Bonchev–Trinajstić information content (AvgIpc) is 0.703. The van der Waals surface area contributed by atoms with E-state index in [4.69, 9.17) is 18.3 Å². The van der Waals surface area contributed by atoms with Crippen LogP contribution in [0.3, 0.4) is 0 Å². The molecule has 0 atom stereocenters. The monoisotopic (exact) mass is 1790 g/mol. The largest absolute Gasteiger partial charge is 0.461 e. The number of hydrogen-bond donors (Lipinski definition) is 0. The van der Waals surface area contributed by atoms with Gasteiger partial charge in [0.05, 0.1) is 26.1 Å². The van der Waals surface area contributed by atoms with Gasteiger partial charge in [-0.25, -0.2) is 0 Å². The molecule has 0 saturated heterocycles. The molecule has 0 aliphatic heterocycles. The Morgan fingerprint density at radius 2 is 0.492 bits per heavy atom. The van der Waals surface area contributed by atoms with Crippen molar-refractivity contribution < 1.29 is 27.9 Å². The average molecular weight is 1800 g/mol. The third-order valence-corrected chi connectivity index (χ3v) is 63.0. The van der Waals surface area contributed by atoms with Crippen LogP contribution in [-0.2, 0) is 54.3 Å². The quantitative estimate of drug-likeness (QED) is 0.0221. The number of benzene rings is 14. The van der Waals surface area contributed by atoms with Gasteiger partial charge in [0.1, 0.15) is 29.4 Å². The van der Waals surface area contributed by atoms with Crippen LogP contribution in [0, 0.1) is 22.9 Å². The summed E-state index contributed by atoms with van der Waals surface area (Å²) in [6.07, 6.45) is -0.182. The second kappa shape index (κ2) is 37.4. The van der Waals surface area contributed by atoms with Gasteiger partial charge in [0, 0.05) is 11.1 Å². The van der Waals surface area contributed by atoms with Gasteiger partial charge in [-0.05, 0) is 258 Å². The molecule has 0 unspecified atom stereocenters. The smallest absolute Gasteiger partial charge is 0.306 e. The second-order valence-corrected chi connectivity index (χ2v) is 72.0. The van der Waals surface area contributed by atoms with Crippen molar-refractivity contribution in [3.8, 4) is 22.9 Å². The highest BCUT2D eigenvalue weighted by Crippen LogP contribution is 2.46. The Balaban J connectivity index is 0.713. The van der Waals surface area contributed by atoms with Crippen LogP contribution in [0.25, 0.3) is 86.2 Å². The van der Waals surface area contributed by atoms with E-state index in [9.17, 15) is 9.59 Å². The first kappa shape index (κ1) is 94.6. The number of ether oxygens (including phenoxy) is 2. The lowest BCUT2D eigenvalue weighted by molar-refractivity contribution is -0.151. The third kappa shape index (κ3) is 17.8. The molecule has 0 bridgehead atoms. The van der Waals surface area contributed by atoms with Crippen LogP contribution in [0.4, 0.5) is 0 Å². The van der Waals surface area contributed by atoms with E-state index >= 15 is 0 Å². The van der Waals surface area contributed by atoms with Crippen molar-refractivity contribution in [2.75, 3.05) is 0 Å². The lowest BCUT2D eigenvalue weighted by Gasteiger charge is -2.42. The predicted molar refractivity (Wildman–Crippen MR) is 567 cm³/mol. The first-order valence-electron chi connectivity index (χ1n) is 47.3. The molecule has 0 saturated carbocycles. The Morgan fingerprint density at radius 3 is 0.703 bits per heavy atom. The molecule has 6 nitrogen and oxygen atoms in total. The summed E-state index contributed by atoms with van der Waals surface area (Å²) in [4.78, 5) is 27.3. The predicted octanol–water partition coefficient (Wildman–Crippen LogP) is 28.4. The van der Waals surface area contributed by atoms with Gasteiger partial charge in [-0.3, -0.25) is 9.59 Å². The fraction of sp³-hybridized carbons (Fsp3) is 0.362. The Hall–Kier alpha value is -9.56. The van der Waals surface area contributed by atoms with Gasteiger partial charge in [0.25, 0.3) is 0 Å². The van der Waals surface area contributed by atoms with Crippen LogP contribution in [0.15, 0.2) is 243 Å². The van der Waals surface area contributed by atoms with Gasteiger partial charge < -0.3 is 18.3 Å². The molecule has 0 aromatic heterocycles. The molecule has 14 aromatic carbocycles. The van der Waals surface area contributed by atoms with E-state index in [2.05, 4.69) is 444 Å². The number of fused-ring (bicyclic) bond motifs is 8. The van der Waals surface area contributed by atoms with E-state index in [0.29, 0.717) is 35.4 Å². The molecular formula is C116H138O6Si6. The van der Waals surface area contributed by atoms with Crippen molar-refractivity contribution >= 4 is 178 Å². The summed E-state index contributed by atoms with van der Waals surface area (Å²) >= 11 is 0.